The molecule has 0 spiro atoms. The van der Waals surface area contributed by atoms with E-state index in [-0.39, 0.29) is 0 Å². The molecule has 1 aromatic carbocycles. The van der Waals surface area contributed by atoms with Crippen LogP contribution in [0.25, 0.3) is 11.1 Å². The zero-order valence-electron chi connectivity index (χ0n) is 11.8. The van der Waals surface area contributed by atoms with Crippen molar-refractivity contribution in [2.45, 2.75) is 25.7 Å². The van der Waals surface area contributed by atoms with E-state index in [2.05, 4.69) is 15.2 Å². The van der Waals surface area contributed by atoms with E-state index < -0.39 is 0 Å². The number of benzene rings is 1. The van der Waals surface area contributed by atoms with Crippen molar-refractivity contribution in [1.29, 1.82) is 0 Å². The Morgan fingerprint density at radius 1 is 1.20 bits per heavy atom. The number of hydrogen-bond acceptors (Lipinski definition) is 5. The van der Waals surface area contributed by atoms with E-state index in [9.17, 15) is 0 Å². The van der Waals surface area contributed by atoms with Crippen molar-refractivity contribution >= 4 is 22.8 Å². The van der Waals surface area contributed by atoms with Gasteiger partial charge in [0.05, 0.1) is 0 Å². The number of nitrogens with one attached hydrogen (secondary N) is 1. The molecule has 1 aliphatic rings. The molecule has 1 aliphatic heterocycles. The number of nitrogen functional groups attached to an aromatic ring is 1. The fourth-order valence-corrected chi connectivity index (χ4v) is 2.70. The van der Waals surface area contributed by atoms with Crippen LogP contribution < -0.4 is 11.1 Å². The summed E-state index contributed by atoms with van der Waals surface area (Å²) in [7, 11) is 0. The average molecular weight is 274 g/mol. The maximum Gasteiger partial charge on any atom is 0.295 e. The van der Waals surface area contributed by atoms with Gasteiger partial charge in [0.15, 0.2) is 5.58 Å². The molecule has 0 radical (unpaired) electrons. The van der Waals surface area contributed by atoms with Gasteiger partial charge in [-0.05, 0) is 44.1 Å². The highest BCUT2D eigenvalue weighted by molar-refractivity contribution is 5.78. The Morgan fingerprint density at radius 3 is 2.80 bits per heavy atom. The summed E-state index contributed by atoms with van der Waals surface area (Å²) in [5, 5.41) is 3.26. The zero-order chi connectivity index (χ0) is 13.8. The molecule has 20 heavy (non-hydrogen) atoms. The van der Waals surface area contributed by atoms with Gasteiger partial charge in [0.1, 0.15) is 5.52 Å². The normalized spacial score (nSPS) is 17.2. The third kappa shape index (κ3) is 3.22. The molecule has 2 heterocycles. The van der Waals surface area contributed by atoms with Crippen LogP contribution >= 0.6 is 0 Å². The van der Waals surface area contributed by atoms with E-state index >= 15 is 0 Å². The fraction of sp³-hybridized carbons (Fsp3) is 0.533. The SMILES string of the molecule is Nc1ccc2oc(NCCN3CCCCCC3)nc2c1. The first kappa shape index (κ1) is 13.2. The van der Waals surface area contributed by atoms with Crippen LogP contribution in [0.2, 0.25) is 0 Å². The van der Waals surface area contributed by atoms with Crippen molar-refractivity contribution in [2.24, 2.45) is 0 Å². The molecular formula is C15H22N4O. The molecule has 0 unspecified atom stereocenters. The molecule has 1 aromatic heterocycles. The molecule has 0 saturated carbocycles. The standard InChI is InChI=1S/C15H22N4O/c16-12-5-6-14-13(11-12)18-15(20-14)17-7-10-19-8-3-1-2-4-9-19/h5-6,11H,1-4,7-10,16H2,(H,17,18). The summed E-state index contributed by atoms with van der Waals surface area (Å²) in [5.74, 6) is 0. The summed E-state index contributed by atoms with van der Waals surface area (Å²) in [6, 6.07) is 6.10. The topological polar surface area (TPSA) is 67.3 Å². The molecule has 1 saturated heterocycles. The van der Waals surface area contributed by atoms with Crippen LogP contribution in [0.1, 0.15) is 25.7 Å². The molecular weight excluding hydrogens is 252 g/mol. The number of oxazole rings is 1. The first-order valence-electron chi connectivity index (χ1n) is 7.43. The number of hydrogen-bond donors (Lipinski definition) is 2. The highest BCUT2D eigenvalue weighted by Crippen LogP contribution is 2.20. The summed E-state index contributed by atoms with van der Waals surface area (Å²) in [5.41, 5.74) is 8.03. The van der Waals surface area contributed by atoms with E-state index in [1.807, 2.05) is 18.2 Å². The Kier molecular flexibility index (Phi) is 4.06. The molecule has 108 valence electrons. The van der Waals surface area contributed by atoms with Crippen LogP contribution in [-0.2, 0) is 0 Å². The summed E-state index contributed by atoms with van der Waals surface area (Å²) in [6.07, 6.45) is 5.39. The summed E-state index contributed by atoms with van der Waals surface area (Å²) < 4.78 is 5.64. The predicted octanol–water partition coefficient (Wildman–Crippen LogP) is 2.70. The lowest BCUT2D eigenvalue weighted by Gasteiger charge is -2.19. The molecule has 0 atom stereocenters. The summed E-state index contributed by atoms with van der Waals surface area (Å²) in [4.78, 5) is 6.91. The van der Waals surface area contributed by atoms with Gasteiger partial charge in [-0.1, -0.05) is 12.8 Å². The molecule has 0 amide bonds. The molecule has 3 rings (SSSR count). The second-order valence-corrected chi connectivity index (χ2v) is 5.43. The second kappa shape index (κ2) is 6.13. The minimum Gasteiger partial charge on any atom is -0.424 e. The lowest BCUT2D eigenvalue weighted by molar-refractivity contribution is 0.295. The number of rotatable bonds is 4. The van der Waals surface area contributed by atoms with Crippen molar-refractivity contribution in [3.8, 4) is 0 Å². The number of nitrogens with zero attached hydrogens (tertiary/aromatic N) is 2. The molecule has 5 heteroatoms. The number of fused-ring (bicyclic) bond motifs is 1. The smallest absolute Gasteiger partial charge is 0.295 e. The largest absolute Gasteiger partial charge is 0.424 e. The van der Waals surface area contributed by atoms with E-state index in [4.69, 9.17) is 10.2 Å². The monoisotopic (exact) mass is 274 g/mol. The van der Waals surface area contributed by atoms with Gasteiger partial charge in [-0.3, -0.25) is 0 Å². The van der Waals surface area contributed by atoms with Gasteiger partial charge in [-0.15, -0.1) is 0 Å². The minimum atomic E-state index is 0.584. The Morgan fingerprint density at radius 2 is 2.00 bits per heavy atom. The van der Waals surface area contributed by atoms with Crippen molar-refractivity contribution in [3.63, 3.8) is 0 Å². The van der Waals surface area contributed by atoms with Crippen LogP contribution in [0.4, 0.5) is 11.7 Å². The Balaban J connectivity index is 1.54. The molecule has 5 nitrogen and oxygen atoms in total. The molecule has 0 bridgehead atoms. The molecule has 2 aromatic rings. The number of nitrogens with two attached hydrogens (primary N) is 1. The quantitative estimate of drug-likeness (QED) is 0.839. The van der Waals surface area contributed by atoms with E-state index in [1.165, 1.54) is 38.8 Å². The first-order valence-corrected chi connectivity index (χ1v) is 7.43. The highest BCUT2D eigenvalue weighted by atomic mass is 16.4. The average Bonchev–Trinajstić information content (AvgIpc) is 2.66. The van der Waals surface area contributed by atoms with Crippen molar-refractivity contribution in [1.82, 2.24) is 9.88 Å². The van der Waals surface area contributed by atoms with Gasteiger partial charge >= 0.3 is 0 Å². The maximum absolute atomic E-state index is 5.74. The lowest BCUT2D eigenvalue weighted by Crippen LogP contribution is -2.30. The minimum absolute atomic E-state index is 0.584. The van der Waals surface area contributed by atoms with Gasteiger partial charge in [-0.25, -0.2) is 0 Å². The van der Waals surface area contributed by atoms with E-state index in [1.54, 1.807) is 0 Å². The Bertz CT molecular complexity index is 558. The Hall–Kier alpha value is -1.75. The molecule has 3 N–H and O–H groups in total. The van der Waals surface area contributed by atoms with Crippen molar-refractivity contribution in [3.05, 3.63) is 18.2 Å². The lowest BCUT2D eigenvalue weighted by atomic mass is 10.2. The summed E-state index contributed by atoms with van der Waals surface area (Å²) >= 11 is 0. The third-order valence-corrected chi connectivity index (χ3v) is 3.81. The number of aromatic nitrogens is 1. The van der Waals surface area contributed by atoms with Crippen molar-refractivity contribution in [2.75, 3.05) is 37.2 Å². The van der Waals surface area contributed by atoms with Crippen LogP contribution in [0.3, 0.4) is 0 Å². The van der Waals surface area contributed by atoms with Crippen LogP contribution in [-0.4, -0.2) is 36.1 Å². The highest BCUT2D eigenvalue weighted by Gasteiger charge is 2.09. The van der Waals surface area contributed by atoms with Crippen LogP contribution in [0.5, 0.6) is 0 Å². The predicted molar refractivity (Wildman–Crippen MR) is 81.8 cm³/mol. The van der Waals surface area contributed by atoms with Crippen molar-refractivity contribution < 1.29 is 4.42 Å². The maximum atomic E-state index is 5.74. The van der Waals surface area contributed by atoms with Gasteiger partial charge in [-0.2, -0.15) is 4.98 Å². The van der Waals surface area contributed by atoms with Crippen LogP contribution in [0.15, 0.2) is 22.6 Å². The van der Waals surface area contributed by atoms with E-state index in [0.717, 1.165) is 24.2 Å². The summed E-state index contributed by atoms with van der Waals surface area (Å²) in [6.45, 7) is 4.33. The number of anilines is 2. The van der Waals surface area contributed by atoms with Gasteiger partial charge in [0.25, 0.3) is 6.01 Å². The first-order chi connectivity index (χ1) is 9.81. The second-order valence-electron chi connectivity index (χ2n) is 5.43. The van der Waals surface area contributed by atoms with Gasteiger partial charge in [0.2, 0.25) is 0 Å². The van der Waals surface area contributed by atoms with Crippen LogP contribution in [0, 0.1) is 0 Å². The third-order valence-electron chi connectivity index (χ3n) is 3.81. The Labute approximate surface area is 119 Å². The van der Waals surface area contributed by atoms with Gasteiger partial charge in [0, 0.05) is 18.8 Å². The van der Waals surface area contributed by atoms with E-state index in [0.29, 0.717) is 11.7 Å². The zero-order valence-corrected chi connectivity index (χ0v) is 11.8. The number of likely N-dealkylation sites (tertiary alicyclic amines) is 1. The van der Waals surface area contributed by atoms with Gasteiger partial charge < -0.3 is 20.4 Å². The molecule has 1 fully saturated rings. The molecule has 0 aliphatic carbocycles. The fourth-order valence-electron chi connectivity index (χ4n) is 2.70.